The number of amides is 1. The maximum Gasteiger partial charge on any atom is 0.274 e. The summed E-state index contributed by atoms with van der Waals surface area (Å²) in [5.74, 6) is 0.645. The minimum atomic E-state index is -0.0517. The van der Waals surface area contributed by atoms with Gasteiger partial charge in [-0.1, -0.05) is 24.4 Å². The van der Waals surface area contributed by atoms with Crippen LogP contribution in [0.2, 0.25) is 5.02 Å². The molecule has 1 saturated carbocycles. The van der Waals surface area contributed by atoms with E-state index in [4.69, 9.17) is 11.6 Å². The summed E-state index contributed by atoms with van der Waals surface area (Å²) >= 11 is 6.16. The van der Waals surface area contributed by atoms with Crippen LogP contribution in [0.1, 0.15) is 50.0 Å². The number of nitrogens with one attached hydrogen (secondary N) is 1. The van der Waals surface area contributed by atoms with Crippen molar-refractivity contribution in [1.29, 1.82) is 0 Å². The van der Waals surface area contributed by atoms with E-state index in [1.165, 1.54) is 12.8 Å². The summed E-state index contributed by atoms with van der Waals surface area (Å²) in [6.45, 7) is 5.47. The molecular formula is C15H22ClN3O. The zero-order chi connectivity index (χ0) is 14.5. The number of hydrogen-bond donors (Lipinski definition) is 1. The molecule has 0 radical (unpaired) electrons. The minimum Gasteiger partial charge on any atom is -0.370 e. The highest BCUT2D eigenvalue weighted by Gasteiger charge is 2.28. The van der Waals surface area contributed by atoms with Crippen molar-refractivity contribution >= 4 is 23.3 Å². The number of hydrogen-bond acceptors (Lipinski definition) is 3. The van der Waals surface area contributed by atoms with Crippen LogP contribution in [-0.2, 0) is 0 Å². The summed E-state index contributed by atoms with van der Waals surface area (Å²) in [6, 6.07) is 3.88. The van der Waals surface area contributed by atoms with Gasteiger partial charge in [0.2, 0.25) is 0 Å². The molecule has 1 amide bonds. The van der Waals surface area contributed by atoms with Gasteiger partial charge in [0, 0.05) is 19.1 Å². The molecule has 1 fully saturated rings. The lowest BCUT2D eigenvalue weighted by atomic mass is 10.2. The molecule has 0 aliphatic heterocycles. The first-order valence-electron chi connectivity index (χ1n) is 7.38. The number of halogens is 1. The van der Waals surface area contributed by atoms with Crippen LogP contribution in [0, 0.1) is 0 Å². The average molecular weight is 296 g/mol. The lowest BCUT2D eigenvalue weighted by molar-refractivity contribution is 0.0688. The Morgan fingerprint density at radius 1 is 1.40 bits per heavy atom. The van der Waals surface area contributed by atoms with Crippen LogP contribution in [0.15, 0.2) is 12.1 Å². The molecule has 1 aliphatic rings. The topological polar surface area (TPSA) is 45.2 Å². The van der Waals surface area contributed by atoms with Crippen LogP contribution in [-0.4, -0.2) is 34.9 Å². The van der Waals surface area contributed by atoms with Gasteiger partial charge in [0.05, 0.1) is 5.02 Å². The first-order chi connectivity index (χ1) is 9.67. The van der Waals surface area contributed by atoms with E-state index in [0.29, 0.717) is 29.1 Å². The molecule has 0 spiro atoms. The smallest absolute Gasteiger partial charge is 0.274 e. The first kappa shape index (κ1) is 15.1. The Bertz CT molecular complexity index is 472. The molecule has 20 heavy (non-hydrogen) atoms. The molecule has 0 unspecified atom stereocenters. The van der Waals surface area contributed by atoms with E-state index in [1.54, 1.807) is 12.1 Å². The third-order valence-corrected chi connectivity index (χ3v) is 4.08. The molecule has 0 saturated heterocycles. The van der Waals surface area contributed by atoms with E-state index >= 15 is 0 Å². The van der Waals surface area contributed by atoms with Crippen LogP contribution in [0.4, 0.5) is 5.82 Å². The zero-order valence-electron chi connectivity index (χ0n) is 12.2. The minimum absolute atomic E-state index is 0.0517. The summed E-state index contributed by atoms with van der Waals surface area (Å²) in [5.41, 5.74) is 0.360. The van der Waals surface area contributed by atoms with Gasteiger partial charge in [-0.3, -0.25) is 4.79 Å². The Balaban J connectivity index is 2.23. The van der Waals surface area contributed by atoms with Crippen LogP contribution in [0.3, 0.4) is 0 Å². The second-order valence-corrected chi connectivity index (χ2v) is 5.49. The van der Waals surface area contributed by atoms with Gasteiger partial charge in [-0.15, -0.1) is 0 Å². The summed E-state index contributed by atoms with van der Waals surface area (Å²) in [6.07, 6.45) is 4.58. The molecular weight excluding hydrogens is 274 g/mol. The fourth-order valence-electron chi connectivity index (χ4n) is 2.79. The zero-order valence-corrected chi connectivity index (χ0v) is 12.9. The van der Waals surface area contributed by atoms with E-state index in [9.17, 15) is 4.79 Å². The Morgan fingerprint density at radius 3 is 2.70 bits per heavy atom. The van der Waals surface area contributed by atoms with E-state index in [-0.39, 0.29) is 5.91 Å². The number of rotatable bonds is 5. The van der Waals surface area contributed by atoms with Gasteiger partial charge < -0.3 is 10.2 Å². The fourth-order valence-corrected chi connectivity index (χ4v) is 2.98. The predicted octanol–water partition coefficient (Wildman–Crippen LogP) is 3.57. The van der Waals surface area contributed by atoms with Gasteiger partial charge in [-0.05, 0) is 38.8 Å². The summed E-state index contributed by atoms with van der Waals surface area (Å²) in [7, 11) is 0. The first-order valence-corrected chi connectivity index (χ1v) is 7.76. The third-order valence-electron chi connectivity index (χ3n) is 3.77. The van der Waals surface area contributed by atoms with E-state index in [0.717, 1.165) is 19.4 Å². The van der Waals surface area contributed by atoms with Crippen molar-refractivity contribution in [2.24, 2.45) is 0 Å². The Morgan fingerprint density at radius 2 is 2.10 bits per heavy atom. The maximum atomic E-state index is 12.7. The highest BCUT2D eigenvalue weighted by Crippen LogP contribution is 2.26. The predicted molar refractivity (Wildman–Crippen MR) is 82.4 cm³/mol. The number of pyridine rings is 1. The Kier molecular flexibility index (Phi) is 5.24. The number of carbonyl (C=O) groups is 1. The molecule has 1 aliphatic carbocycles. The van der Waals surface area contributed by atoms with Gasteiger partial charge in [-0.25, -0.2) is 4.98 Å². The highest BCUT2D eigenvalue weighted by atomic mass is 35.5. The van der Waals surface area contributed by atoms with Crippen molar-refractivity contribution in [3.05, 3.63) is 22.8 Å². The van der Waals surface area contributed by atoms with Crippen molar-refractivity contribution in [1.82, 2.24) is 9.88 Å². The van der Waals surface area contributed by atoms with Crippen molar-refractivity contribution in [3.63, 3.8) is 0 Å². The van der Waals surface area contributed by atoms with E-state index in [1.807, 2.05) is 18.7 Å². The van der Waals surface area contributed by atoms with Gasteiger partial charge in [0.1, 0.15) is 11.5 Å². The molecule has 0 bridgehead atoms. The summed E-state index contributed by atoms with van der Waals surface area (Å²) in [5, 5.41) is 3.54. The monoisotopic (exact) mass is 295 g/mol. The van der Waals surface area contributed by atoms with Crippen molar-refractivity contribution < 1.29 is 4.79 Å². The largest absolute Gasteiger partial charge is 0.370 e. The van der Waals surface area contributed by atoms with Crippen LogP contribution in [0.5, 0.6) is 0 Å². The Labute approximate surface area is 125 Å². The molecule has 0 aromatic carbocycles. The van der Waals surface area contributed by atoms with Gasteiger partial charge >= 0.3 is 0 Å². The second kappa shape index (κ2) is 6.93. The van der Waals surface area contributed by atoms with Crippen LogP contribution in [0.25, 0.3) is 0 Å². The van der Waals surface area contributed by atoms with Crippen molar-refractivity contribution in [2.75, 3.05) is 18.4 Å². The molecule has 110 valence electrons. The highest BCUT2D eigenvalue weighted by molar-refractivity contribution is 6.33. The van der Waals surface area contributed by atoms with Crippen molar-refractivity contribution in [3.8, 4) is 0 Å². The average Bonchev–Trinajstić information content (AvgIpc) is 2.96. The van der Waals surface area contributed by atoms with Crippen LogP contribution >= 0.6 is 11.6 Å². The Hall–Kier alpha value is -1.29. The third kappa shape index (κ3) is 3.23. The number of aromatic nitrogens is 1. The molecule has 1 N–H and O–H groups in total. The molecule has 2 rings (SSSR count). The molecule has 0 atom stereocenters. The van der Waals surface area contributed by atoms with Gasteiger partial charge in [-0.2, -0.15) is 0 Å². The maximum absolute atomic E-state index is 12.7. The standard InChI is InChI=1S/C15H22ClN3O/c1-3-17-13-10-9-12(16)14(18-13)15(20)19(4-2)11-7-5-6-8-11/h9-11H,3-8H2,1-2H3,(H,17,18). The fraction of sp³-hybridized carbons (Fsp3) is 0.600. The normalized spacial score (nSPS) is 15.3. The van der Waals surface area contributed by atoms with E-state index in [2.05, 4.69) is 10.3 Å². The number of anilines is 1. The molecule has 1 aromatic heterocycles. The number of carbonyl (C=O) groups excluding carboxylic acids is 1. The summed E-state index contributed by atoms with van der Waals surface area (Å²) in [4.78, 5) is 19.0. The van der Waals surface area contributed by atoms with Gasteiger partial charge in [0.25, 0.3) is 5.91 Å². The van der Waals surface area contributed by atoms with Gasteiger partial charge in [0.15, 0.2) is 0 Å². The lowest BCUT2D eigenvalue weighted by Crippen LogP contribution is -2.39. The molecule has 4 nitrogen and oxygen atoms in total. The number of nitrogens with zero attached hydrogens (tertiary/aromatic N) is 2. The molecule has 1 aromatic rings. The quantitative estimate of drug-likeness (QED) is 0.903. The second-order valence-electron chi connectivity index (χ2n) is 5.09. The molecule has 5 heteroatoms. The SMILES string of the molecule is CCNc1ccc(Cl)c(C(=O)N(CC)C2CCCC2)n1. The van der Waals surface area contributed by atoms with E-state index < -0.39 is 0 Å². The van der Waals surface area contributed by atoms with Crippen LogP contribution < -0.4 is 5.32 Å². The summed E-state index contributed by atoms with van der Waals surface area (Å²) < 4.78 is 0. The van der Waals surface area contributed by atoms with Crippen molar-refractivity contribution in [2.45, 2.75) is 45.6 Å². The lowest BCUT2D eigenvalue weighted by Gasteiger charge is -2.27. The molecule has 1 heterocycles.